The van der Waals surface area contributed by atoms with E-state index >= 15 is 0 Å². The zero-order chi connectivity index (χ0) is 21.8. The molecule has 1 saturated heterocycles. The normalized spacial score (nSPS) is 14.7. The lowest BCUT2D eigenvalue weighted by molar-refractivity contribution is -0.153. The molecule has 4 heterocycles. The quantitative estimate of drug-likeness (QED) is 0.546. The van der Waals surface area contributed by atoms with E-state index in [-0.39, 0.29) is 24.4 Å². The number of aromatic nitrogens is 2. The summed E-state index contributed by atoms with van der Waals surface area (Å²) in [4.78, 5) is 39.0. The van der Waals surface area contributed by atoms with Gasteiger partial charge < -0.3 is 15.0 Å². The van der Waals surface area contributed by atoms with Crippen molar-refractivity contribution in [3.63, 3.8) is 0 Å². The van der Waals surface area contributed by atoms with E-state index in [1.807, 2.05) is 17.5 Å². The minimum absolute atomic E-state index is 0.183. The van der Waals surface area contributed by atoms with Gasteiger partial charge in [-0.05, 0) is 50.1 Å². The molecule has 0 aliphatic carbocycles. The molecule has 1 aliphatic heterocycles. The van der Waals surface area contributed by atoms with Crippen molar-refractivity contribution >= 4 is 50.6 Å². The second-order valence-electron chi connectivity index (χ2n) is 7.71. The Labute approximate surface area is 189 Å². The van der Waals surface area contributed by atoms with Crippen LogP contribution in [0.25, 0.3) is 10.2 Å². The molecule has 4 rings (SSSR count). The third-order valence-electron chi connectivity index (χ3n) is 5.69. The highest BCUT2D eigenvalue weighted by molar-refractivity contribution is 7.18. The first kappa shape index (κ1) is 21.7. The van der Waals surface area contributed by atoms with Crippen LogP contribution in [0.3, 0.4) is 0 Å². The van der Waals surface area contributed by atoms with E-state index in [0.29, 0.717) is 19.4 Å². The van der Waals surface area contributed by atoms with Crippen LogP contribution in [0.15, 0.2) is 23.8 Å². The number of nitrogens with one attached hydrogen (secondary N) is 1. The summed E-state index contributed by atoms with van der Waals surface area (Å²) in [5.74, 6) is 0.221. The van der Waals surface area contributed by atoms with Gasteiger partial charge in [-0.3, -0.25) is 9.59 Å². The summed E-state index contributed by atoms with van der Waals surface area (Å²) in [7, 11) is 0. The number of ether oxygens (including phenoxy) is 1. The van der Waals surface area contributed by atoms with Gasteiger partial charge in [0.25, 0.3) is 5.91 Å². The number of rotatable bonds is 7. The number of fused-ring (bicyclic) bond motifs is 1. The van der Waals surface area contributed by atoms with Crippen LogP contribution in [-0.4, -0.2) is 48.1 Å². The molecule has 31 heavy (non-hydrogen) atoms. The Kier molecular flexibility index (Phi) is 6.82. The maximum absolute atomic E-state index is 12.4. The number of anilines is 1. The molecule has 0 spiro atoms. The second kappa shape index (κ2) is 9.74. The van der Waals surface area contributed by atoms with E-state index in [2.05, 4.69) is 34.0 Å². The fourth-order valence-corrected chi connectivity index (χ4v) is 5.52. The molecule has 9 heteroatoms. The molecule has 0 radical (unpaired) electrons. The van der Waals surface area contributed by atoms with Crippen LogP contribution in [0.1, 0.15) is 28.2 Å². The van der Waals surface area contributed by atoms with Crippen LogP contribution < -0.4 is 10.2 Å². The van der Waals surface area contributed by atoms with Crippen molar-refractivity contribution in [2.24, 2.45) is 5.92 Å². The number of hydrogen-bond acceptors (Lipinski definition) is 8. The van der Waals surface area contributed by atoms with Crippen LogP contribution in [-0.2, 0) is 20.7 Å². The highest BCUT2D eigenvalue weighted by Crippen LogP contribution is 2.35. The number of piperidine rings is 1. The Hall–Kier alpha value is -2.52. The average molecular weight is 459 g/mol. The second-order valence-corrected chi connectivity index (χ2v) is 9.94. The van der Waals surface area contributed by atoms with Crippen LogP contribution in [0.2, 0.25) is 0 Å². The first-order valence-electron chi connectivity index (χ1n) is 10.4. The molecule has 3 aromatic heterocycles. The molecule has 1 aliphatic rings. The fourth-order valence-electron chi connectivity index (χ4n) is 3.82. The smallest absolute Gasteiger partial charge is 0.309 e. The maximum Gasteiger partial charge on any atom is 0.309 e. The molecular formula is C22H26N4O3S2. The number of esters is 1. The van der Waals surface area contributed by atoms with Gasteiger partial charge in [0.15, 0.2) is 6.61 Å². The molecule has 7 nitrogen and oxygen atoms in total. The van der Waals surface area contributed by atoms with Gasteiger partial charge in [-0.25, -0.2) is 9.97 Å². The Morgan fingerprint density at radius 2 is 2.06 bits per heavy atom. The number of hydrogen-bond donors (Lipinski definition) is 1. The molecule has 3 aromatic rings. The van der Waals surface area contributed by atoms with Gasteiger partial charge in [-0.15, -0.1) is 22.7 Å². The summed E-state index contributed by atoms with van der Waals surface area (Å²) in [5.41, 5.74) is 1.22. The molecule has 0 atom stereocenters. The minimum atomic E-state index is -0.288. The third-order valence-corrected chi connectivity index (χ3v) is 7.74. The van der Waals surface area contributed by atoms with E-state index in [4.69, 9.17) is 4.74 Å². The van der Waals surface area contributed by atoms with Crippen molar-refractivity contribution in [3.8, 4) is 0 Å². The Morgan fingerprint density at radius 1 is 1.26 bits per heavy atom. The van der Waals surface area contributed by atoms with E-state index in [1.54, 1.807) is 29.0 Å². The number of nitrogens with zero attached hydrogens (tertiary/aromatic N) is 3. The summed E-state index contributed by atoms with van der Waals surface area (Å²) in [6, 6.07) is 4.03. The van der Waals surface area contributed by atoms with E-state index in [9.17, 15) is 9.59 Å². The topological polar surface area (TPSA) is 84.4 Å². The number of carbonyl (C=O) groups excluding carboxylic acids is 2. The van der Waals surface area contributed by atoms with Crippen molar-refractivity contribution < 1.29 is 14.3 Å². The lowest BCUT2D eigenvalue weighted by atomic mass is 9.97. The zero-order valence-corrected chi connectivity index (χ0v) is 19.4. The van der Waals surface area contributed by atoms with Crippen molar-refractivity contribution in [1.29, 1.82) is 0 Å². The number of aryl methyl sites for hydroxylation is 2. The predicted molar refractivity (Wildman–Crippen MR) is 124 cm³/mol. The minimum Gasteiger partial charge on any atom is -0.455 e. The fraction of sp³-hybridized carbons (Fsp3) is 0.455. The van der Waals surface area contributed by atoms with Gasteiger partial charge >= 0.3 is 5.97 Å². The lowest BCUT2D eigenvalue weighted by Crippen LogP contribution is -2.38. The van der Waals surface area contributed by atoms with Crippen LogP contribution in [0.5, 0.6) is 0 Å². The molecule has 0 unspecified atom stereocenters. The van der Waals surface area contributed by atoms with E-state index < -0.39 is 0 Å². The summed E-state index contributed by atoms with van der Waals surface area (Å²) >= 11 is 3.35. The molecule has 1 N–H and O–H groups in total. The predicted octanol–water partition coefficient (Wildman–Crippen LogP) is 3.49. The molecule has 164 valence electrons. The highest BCUT2D eigenvalue weighted by Gasteiger charge is 2.28. The number of carbonyl (C=O) groups is 2. The summed E-state index contributed by atoms with van der Waals surface area (Å²) in [5, 5.41) is 5.93. The summed E-state index contributed by atoms with van der Waals surface area (Å²) in [6.45, 7) is 6.00. The first-order chi connectivity index (χ1) is 15.0. The van der Waals surface area contributed by atoms with Crippen molar-refractivity contribution in [2.45, 2.75) is 33.1 Å². The largest absolute Gasteiger partial charge is 0.455 e. The zero-order valence-electron chi connectivity index (χ0n) is 17.7. The van der Waals surface area contributed by atoms with Crippen LogP contribution in [0, 0.1) is 19.8 Å². The van der Waals surface area contributed by atoms with Gasteiger partial charge in [0.1, 0.15) is 17.0 Å². The van der Waals surface area contributed by atoms with Gasteiger partial charge in [-0.2, -0.15) is 0 Å². The first-order valence-corrected chi connectivity index (χ1v) is 12.1. The van der Waals surface area contributed by atoms with E-state index in [0.717, 1.165) is 35.5 Å². The average Bonchev–Trinajstić information content (AvgIpc) is 3.40. The van der Waals surface area contributed by atoms with Crippen molar-refractivity contribution in [2.75, 3.05) is 31.1 Å². The standard InChI is InChI=1S/C22H26N4O3S2/c1-14-15(2)31-21-19(14)20(24-13-25-21)26-9-6-16(7-10-26)22(28)29-12-18(27)23-8-5-17-4-3-11-30-17/h3-4,11,13,16H,5-10,12H2,1-2H3,(H,23,27). The molecule has 1 amide bonds. The molecule has 0 bridgehead atoms. The Balaban J connectivity index is 1.24. The number of amides is 1. The lowest BCUT2D eigenvalue weighted by Gasteiger charge is -2.32. The van der Waals surface area contributed by atoms with Crippen LogP contribution >= 0.6 is 22.7 Å². The summed E-state index contributed by atoms with van der Waals surface area (Å²) in [6.07, 6.45) is 3.78. The van der Waals surface area contributed by atoms with Crippen molar-refractivity contribution in [3.05, 3.63) is 39.2 Å². The van der Waals surface area contributed by atoms with Gasteiger partial charge in [0, 0.05) is 29.4 Å². The molecule has 0 aromatic carbocycles. The van der Waals surface area contributed by atoms with E-state index in [1.165, 1.54) is 15.3 Å². The summed E-state index contributed by atoms with van der Waals surface area (Å²) < 4.78 is 5.27. The van der Waals surface area contributed by atoms with Crippen LogP contribution in [0.4, 0.5) is 5.82 Å². The molecular weight excluding hydrogens is 432 g/mol. The van der Waals surface area contributed by atoms with Crippen molar-refractivity contribution in [1.82, 2.24) is 15.3 Å². The van der Waals surface area contributed by atoms with Gasteiger partial charge in [0.2, 0.25) is 0 Å². The molecule has 1 fully saturated rings. The Bertz CT molecular complexity index is 1060. The highest BCUT2D eigenvalue weighted by atomic mass is 32.1. The Morgan fingerprint density at radius 3 is 2.81 bits per heavy atom. The molecule has 0 saturated carbocycles. The number of thiophene rings is 2. The monoisotopic (exact) mass is 458 g/mol. The maximum atomic E-state index is 12.4. The SMILES string of the molecule is Cc1sc2ncnc(N3CCC(C(=O)OCC(=O)NCCc4cccs4)CC3)c2c1C. The third kappa shape index (κ3) is 5.04. The van der Waals surface area contributed by atoms with Gasteiger partial charge in [0.05, 0.1) is 11.3 Å². The van der Waals surface area contributed by atoms with Gasteiger partial charge in [-0.1, -0.05) is 6.07 Å².